The molecule has 0 saturated carbocycles. The number of hydrogen-bond acceptors (Lipinski definition) is 4. The summed E-state index contributed by atoms with van der Waals surface area (Å²) in [6.45, 7) is 1.87. The van der Waals surface area contributed by atoms with E-state index in [0.717, 1.165) is 11.1 Å². The van der Waals surface area contributed by atoms with Crippen LogP contribution in [0.5, 0.6) is 5.75 Å². The molecular weight excluding hydrogens is 280 g/mol. The number of phenolic OH excluding ortho intramolecular Hbond substituents is 1. The Morgan fingerprint density at radius 2 is 1.91 bits per heavy atom. The smallest absolute Gasteiger partial charge is 0.132 e. The zero-order valence-electron chi connectivity index (χ0n) is 12.4. The molecule has 0 bridgehead atoms. The lowest BCUT2D eigenvalue weighted by atomic mass is 10.1. The number of phenols is 1. The number of hydrogen-bond donors (Lipinski definition) is 3. The van der Waals surface area contributed by atoms with Gasteiger partial charge in [-0.2, -0.15) is 0 Å². The van der Waals surface area contributed by atoms with Gasteiger partial charge in [0.1, 0.15) is 17.6 Å². The quantitative estimate of drug-likeness (QED) is 0.712. The zero-order chi connectivity index (χ0) is 15.9. The second-order valence-corrected chi connectivity index (χ2v) is 5.21. The molecule has 2 rings (SSSR count). The molecule has 2 atom stereocenters. The summed E-state index contributed by atoms with van der Waals surface area (Å²) in [5.41, 5.74) is 4.68. The fourth-order valence-electron chi connectivity index (χ4n) is 2.11. The number of aliphatic hydroxyl groups excluding tert-OH is 2. The first-order valence-corrected chi connectivity index (χ1v) is 7.15. The predicted molar refractivity (Wildman–Crippen MR) is 83.2 cm³/mol. The van der Waals surface area contributed by atoms with E-state index in [-0.39, 0.29) is 5.75 Å². The van der Waals surface area contributed by atoms with Crippen molar-refractivity contribution in [2.45, 2.75) is 32.0 Å². The van der Waals surface area contributed by atoms with Gasteiger partial charge in [0.05, 0.1) is 12.4 Å². The van der Waals surface area contributed by atoms with E-state index in [2.05, 4.69) is 5.73 Å². The summed E-state index contributed by atoms with van der Waals surface area (Å²) in [6, 6.07) is 9.93. The van der Waals surface area contributed by atoms with Gasteiger partial charge in [0.15, 0.2) is 0 Å². The summed E-state index contributed by atoms with van der Waals surface area (Å²) in [5.74, 6) is 0.708. The normalized spacial score (nSPS) is 13.2. The topological polar surface area (TPSA) is 73.8 Å². The molecule has 0 spiro atoms. The highest BCUT2D eigenvalue weighted by molar-refractivity contribution is 5.27. The monoisotopic (exact) mass is 300 g/mol. The van der Waals surface area contributed by atoms with Crippen molar-refractivity contribution in [3.8, 4) is 5.75 Å². The van der Waals surface area contributed by atoms with Crippen LogP contribution in [0, 0.1) is 0 Å². The summed E-state index contributed by atoms with van der Waals surface area (Å²) in [4.78, 5) is 0. The fraction of sp³-hybridized carbons (Fsp3) is 0.278. The van der Waals surface area contributed by atoms with E-state index in [1.807, 2.05) is 6.92 Å². The van der Waals surface area contributed by atoms with Gasteiger partial charge in [0, 0.05) is 12.8 Å². The Hall–Kier alpha value is -2.26. The van der Waals surface area contributed by atoms with Crippen molar-refractivity contribution >= 4 is 0 Å². The van der Waals surface area contributed by atoms with Crippen LogP contribution in [0.1, 0.15) is 43.3 Å². The standard InChI is InChI=1S/C18H20O4/c1-13(12-17(21)18-6-3-11-22-18)4-2-5-16(20)14-7-9-15(19)10-8-14/h2-3,6-11,16-17,19-21H,5,12H2,1H3/t4?,16-,17-/m1/s1. The predicted octanol–water partition coefficient (Wildman–Crippen LogP) is 3.63. The van der Waals surface area contributed by atoms with E-state index in [1.54, 1.807) is 42.5 Å². The summed E-state index contributed by atoms with van der Waals surface area (Å²) in [7, 11) is 0. The summed E-state index contributed by atoms with van der Waals surface area (Å²) in [6.07, 6.45) is 2.80. The van der Waals surface area contributed by atoms with Crippen molar-refractivity contribution in [1.82, 2.24) is 0 Å². The zero-order valence-corrected chi connectivity index (χ0v) is 12.4. The highest BCUT2D eigenvalue weighted by Gasteiger charge is 2.10. The van der Waals surface area contributed by atoms with Crippen LogP contribution >= 0.6 is 0 Å². The van der Waals surface area contributed by atoms with Crippen LogP contribution in [0.3, 0.4) is 0 Å². The van der Waals surface area contributed by atoms with Gasteiger partial charge in [0.2, 0.25) is 0 Å². The highest BCUT2D eigenvalue weighted by Crippen LogP contribution is 2.22. The molecule has 3 N–H and O–H groups in total. The molecule has 1 aromatic heterocycles. The third-order valence-corrected chi connectivity index (χ3v) is 3.34. The van der Waals surface area contributed by atoms with Crippen molar-refractivity contribution in [2.24, 2.45) is 0 Å². The Balaban J connectivity index is 1.90. The van der Waals surface area contributed by atoms with Crippen LogP contribution in [0.4, 0.5) is 0 Å². The lowest BCUT2D eigenvalue weighted by Gasteiger charge is -2.08. The van der Waals surface area contributed by atoms with E-state index in [0.29, 0.717) is 18.6 Å². The largest absolute Gasteiger partial charge is 0.508 e. The second-order valence-electron chi connectivity index (χ2n) is 5.21. The molecule has 1 aromatic carbocycles. The van der Waals surface area contributed by atoms with E-state index in [4.69, 9.17) is 4.42 Å². The van der Waals surface area contributed by atoms with Gasteiger partial charge in [-0.1, -0.05) is 12.1 Å². The van der Waals surface area contributed by atoms with Crippen LogP contribution in [0.25, 0.3) is 0 Å². The molecule has 0 fully saturated rings. The summed E-state index contributed by atoms with van der Waals surface area (Å²) in [5, 5.41) is 29.2. The molecule has 0 aliphatic heterocycles. The average Bonchev–Trinajstić information content (AvgIpc) is 3.02. The molecule has 0 saturated heterocycles. The summed E-state index contributed by atoms with van der Waals surface area (Å²) >= 11 is 0. The average molecular weight is 300 g/mol. The first-order valence-electron chi connectivity index (χ1n) is 7.15. The molecule has 2 aromatic rings. The molecule has 4 nitrogen and oxygen atoms in total. The van der Waals surface area contributed by atoms with Crippen LogP contribution in [0.15, 0.2) is 64.5 Å². The van der Waals surface area contributed by atoms with E-state index in [9.17, 15) is 15.3 Å². The maximum absolute atomic E-state index is 10.0. The maximum atomic E-state index is 10.0. The minimum Gasteiger partial charge on any atom is -0.508 e. The Bertz CT molecular complexity index is 634. The molecule has 0 aliphatic rings. The second kappa shape index (κ2) is 7.66. The lowest BCUT2D eigenvalue weighted by Crippen LogP contribution is -1.96. The lowest BCUT2D eigenvalue weighted by molar-refractivity contribution is 0.150. The van der Waals surface area contributed by atoms with Crippen molar-refractivity contribution in [1.29, 1.82) is 0 Å². The van der Waals surface area contributed by atoms with Gasteiger partial charge >= 0.3 is 0 Å². The van der Waals surface area contributed by atoms with Crippen molar-refractivity contribution in [3.63, 3.8) is 0 Å². The molecule has 0 radical (unpaired) electrons. The van der Waals surface area contributed by atoms with Gasteiger partial charge in [-0.05, 0) is 48.4 Å². The van der Waals surface area contributed by atoms with Crippen molar-refractivity contribution < 1.29 is 19.7 Å². The number of benzene rings is 1. The first kappa shape index (κ1) is 16.1. The Morgan fingerprint density at radius 3 is 2.55 bits per heavy atom. The number of aromatic hydroxyl groups is 1. The van der Waals surface area contributed by atoms with Crippen LogP contribution < -0.4 is 0 Å². The Labute approximate surface area is 129 Å². The van der Waals surface area contributed by atoms with Gasteiger partial charge in [0.25, 0.3) is 0 Å². The Morgan fingerprint density at radius 1 is 1.18 bits per heavy atom. The number of furan rings is 1. The van der Waals surface area contributed by atoms with Gasteiger partial charge in [-0.3, -0.25) is 0 Å². The first-order chi connectivity index (χ1) is 10.6. The van der Waals surface area contributed by atoms with Gasteiger partial charge in [-0.25, -0.2) is 0 Å². The minimum absolute atomic E-state index is 0.175. The molecule has 22 heavy (non-hydrogen) atoms. The van der Waals surface area contributed by atoms with Gasteiger partial charge < -0.3 is 19.7 Å². The molecule has 0 amide bonds. The third-order valence-electron chi connectivity index (χ3n) is 3.34. The van der Waals surface area contributed by atoms with Crippen molar-refractivity contribution in [2.75, 3.05) is 0 Å². The summed E-state index contributed by atoms with van der Waals surface area (Å²) < 4.78 is 5.14. The van der Waals surface area contributed by atoms with Crippen LogP contribution in [-0.4, -0.2) is 15.3 Å². The van der Waals surface area contributed by atoms with Crippen LogP contribution in [-0.2, 0) is 0 Å². The SMILES string of the molecule is CC(=C=CC[C@@H](O)c1ccc(O)cc1)C[C@@H](O)c1ccco1. The van der Waals surface area contributed by atoms with E-state index >= 15 is 0 Å². The number of aliphatic hydroxyl groups is 2. The van der Waals surface area contributed by atoms with Gasteiger partial charge in [-0.15, -0.1) is 5.73 Å². The molecule has 0 unspecified atom stereocenters. The third kappa shape index (κ3) is 4.64. The highest BCUT2D eigenvalue weighted by atomic mass is 16.4. The Kier molecular flexibility index (Phi) is 5.61. The molecular formula is C18H20O4. The van der Waals surface area contributed by atoms with E-state index < -0.39 is 12.2 Å². The minimum atomic E-state index is -0.682. The van der Waals surface area contributed by atoms with Crippen LogP contribution in [0.2, 0.25) is 0 Å². The molecule has 1 heterocycles. The fourth-order valence-corrected chi connectivity index (χ4v) is 2.11. The molecule has 4 heteroatoms. The maximum Gasteiger partial charge on any atom is 0.132 e. The number of rotatable bonds is 6. The molecule has 116 valence electrons. The van der Waals surface area contributed by atoms with Crippen molar-refractivity contribution in [3.05, 3.63) is 71.4 Å². The molecule has 0 aliphatic carbocycles. The van der Waals surface area contributed by atoms with E-state index in [1.165, 1.54) is 6.26 Å².